The zero-order valence-corrected chi connectivity index (χ0v) is 10.5. The van der Waals surface area contributed by atoms with E-state index >= 15 is 0 Å². The van der Waals surface area contributed by atoms with Crippen LogP contribution in [0.2, 0.25) is 0 Å². The maximum Gasteiger partial charge on any atom is 0.225 e. The predicted molar refractivity (Wildman–Crippen MR) is 64.9 cm³/mol. The van der Waals surface area contributed by atoms with E-state index < -0.39 is 0 Å². The predicted octanol–water partition coefficient (Wildman–Crippen LogP) is 1.76. The Morgan fingerprint density at radius 3 is 2.56 bits per heavy atom. The lowest BCUT2D eigenvalue weighted by atomic mass is 9.85. The maximum absolute atomic E-state index is 12.4. The Labute approximate surface area is 98.4 Å². The van der Waals surface area contributed by atoms with E-state index in [0.717, 1.165) is 38.6 Å². The number of amides is 1. The molecule has 0 spiro atoms. The molecule has 0 aromatic carbocycles. The fourth-order valence-electron chi connectivity index (χ4n) is 3.09. The van der Waals surface area contributed by atoms with Gasteiger partial charge in [0.05, 0.1) is 0 Å². The highest BCUT2D eigenvalue weighted by Crippen LogP contribution is 2.30. The molecule has 3 heteroatoms. The van der Waals surface area contributed by atoms with Gasteiger partial charge in [0.2, 0.25) is 5.91 Å². The highest BCUT2D eigenvalue weighted by atomic mass is 16.2. The Bertz CT molecular complexity index is 267. The first-order chi connectivity index (χ1) is 7.59. The van der Waals surface area contributed by atoms with E-state index in [4.69, 9.17) is 5.73 Å². The molecule has 2 aliphatic rings. The summed E-state index contributed by atoms with van der Waals surface area (Å²) in [4.78, 5) is 14.5. The maximum atomic E-state index is 12.4. The van der Waals surface area contributed by atoms with E-state index in [2.05, 4.69) is 18.7 Å². The molecule has 0 radical (unpaired) electrons. The van der Waals surface area contributed by atoms with Crippen molar-refractivity contribution in [2.75, 3.05) is 6.54 Å². The second kappa shape index (κ2) is 4.74. The van der Waals surface area contributed by atoms with Gasteiger partial charge < -0.3 is 10.6 Å². The summed E-state index contributed by atoms with van der Waals surface area (Å²) in [5.41, 5.74) is 5.95. The molecular weight excluding hydrogens is 200 g/mol. The molecule has 3 nitrogen and oxygen atoms in total. The Morgan fingerprint density at radius 2 is 2.00 bits per heavy atom. The Balaban J connectivity index is 1.96. The van der Waals surface area contributed by atoms with Gasteiger partial charge in [-0.3, -0.25) is 4.79 Å². The summed E-state index contributed by atoms with van der Waals surface area (Å²) >= 11 is 0. The molecule has 0 bridgehead atoms. The molecule has 0 aromatic rings. The van der Waals surface area contributed by atoms with Crippen molar-refractivity contribution in [3.8, 4) is 0 Å². The van der Waals surface area contributed by atoms with Crippen LogP contribution in [0.1, 0.15) is 46.0 Å². The van der Waals surface area contributed by atoms with Gasteiger partial charge >= 0.3 is 0 Å². The summed E-state index contributed by atoms with van der Waals surface area (Å²) in [6.07, 6.45) is 5.32. The van der Waals surface area contributed by atoms with E-state index in [1.54, 1.807) is 0 Å². The minimum atomic E-state index is 0.205. The van der Waals surface area contributed by atoms with Crippen LogP contribution in [-0.4, -0.2) is 29.4 Å². The number of likely N-dealkylation sites (tertiary alicyclic amines) is 1. The summed E-state index contributed by atoms with van der Waals surface area (Å²) in [5, 5.41) is 0. The average Bonchev–Trinajstić information content (AvgIpc) is 2.59. The largest absolute Gasteiger partial charge is 0.339 e. The van der Waals surface area contributed by atoms with Crippen molar-refractivity contribution >= 4 is 5.91 Å². The fourth-order valence-corrected chi connectivity index (χ4v) is 3.09. The molecule has 92 valence electrons. The molecule has 2 N–H and O–H groups in total. The fraction of sp³-hybridized carbons (Fsp3) is 0.923. The number of hydrogen-bond acceptors (Lipinski definition) is 2. The molecule has 2 fully saturated rings. The van der Waals surface area contributed by atoms with Crippen molar-refractivity contribution in [2.45, 2.75) is 58.0 Å². The first-order valence-corrected chi connectivity index (χ1v) is 6.65. The number of carbonyl (C=O) groups is 1. The zero-order valence-electron chi connectivity index (χ0n) is 10.5. The highest BCUT2D eigenvalue weighted by Gasteiger charge is 2.35. The smallest absolute Gasteiger partial charge is 0.225 e. The van der Waals surface area contributed by atoms with Crippen LogP contribution in [0.3, 0.4) is 0 Å². The second-order valence-corrected chi connectivity index (χ2v) is 5.66. The SMILES string of the molecule is CC1CCN(C(=O)C2CCCC(N)C2)C1C. The molecular formula is C13H24N2O. The number of nitrogens with two attached hydrogens (primary N) is 1. The third-order valence-electron chi connectivity index (χ3n) is 4.49. The standard InChI is InChI=1S/C13H24N2O/c1-9-6-7-15(10(9)2)13(16)11-4-3-5-12(14)8-11/h9-12H,3-8,14H2,1-2H3. The molecule has 1 saturated carbocycles. The van der Waals surface area contributed by atoms with Crippen LogP contribution in [0.5, 0.6) is 0 Å². The van der Waals surface area contributed by atoms with E-state index in [1.807, 2.05) is 0 Å². The van der Waals surface area contributed by atoms with Crippen molar-refractivity contribution in [3.05, 3.63) is 0 Å². The van der Waals surface area contributed by atoms with Crippen molar-refractivity contribution < 1.29 is 4.79 Å². The third kappa shape index (κ3) is 2.24. The van der Waals surface area contributed by atoms with E-state index in [1.165, 1.54) is 0 Å². The van der Waals surface area contributed by atoms with Gasteiger partial charge in [-0.15, -0.1) is 0 Å². The van der Waals surface area contributed by atoms with Gasteiger partial charge in [0.15, 0.2) is 0 Å². The molecule has 2 rings (SSSR count). The van der Waals surface area contributed by atoms with Crippen LogP contribution >= 0.6 is 0 Å². The lowest BCUT2D eigenvalue weighted by Gasteiger charge is -2.32. The number of carbonyl (C=O) groups excluding carboxylic acids is 1. The Hall–Kier alpha value is -0.570. The number of rotatable bonds is 1. The van der Waals surface area contributed by atoms with Crippen LogP contribution in [0, 0.1) is 11.8 Å². The topological polar surface area (TPSA) is 46.3 Å². The Morgan fingerprint density at radius 1 is 1.25 bits per heavy atom. The van der Waals surface area contributed by atoms with Crippen molar-refractivity contribution in [2.24, 2.45) is 17.6 Å². The molecule has 1 saturated heterocycles. The van der Waals surface area contributed by atoms with Crippen molar-refractivity contribution in [1.82, 2.24) is 4.90 Å². The third-order valence-corrected chi connectivity index (χ3v) is 4.49. The summed E-state index contributed by atoms with van der Waals surface area (Å²) < 4.78 is 0. The Kier molecular flexibility index (Phi) is 3.53. The van der Waals surface area contributed by atoms with Crippen LogP contribution in [0.25, 0.3) is 0 Å². The van der Waals surface area contributed by atoms with E-state index in [9.17, 15) is 4.79 Å². The van der Waals surface area contributed by atoms with Crippen LogP contribution in [0.4, 0.5) is 0 Å². The molecule has 1 aliphatic carbocycles. The average molecular weight is 224 g/mol. The van der Waals surface area contributed by atoms with Gasteiger partial charge in [0, 0.05) is 24.5 Å². The van der Waals surface area contributed by atoms with Gasteiger partial charge in [-0.2, -0.15) is 0 Å². The summed E-state index contributed by atoms with van der Waals surface area (Å²) in [7, 11) is 0. The molecule has 4 atom stereocenters. The van der Waals surface area contributed by atoms with Crippen LogP contribution in [-0.2, 0) is 4.79 Å². The van der Waals surface area contributed by atoms with Gasteiger partial charge in [-0.05, 0) is 38.5 Å². The van der Waals surface area contributed by atoms with Crippen LogP contribution in [0.15, 0.2) is 0 Å². The normalized spacial score (nSPS) is 40.1. The first kappa shape index (κ1) is 11.9. The van der Waals surface area contributed by atoms with Gasteiger partial charge in [-0.25, -0.2) is 0 Å². The number of hydrogen-bond donors (Lipinski definition) is 1. The second-order valence-electron chi connectivity index (χ2n) is 5.66. The summed E-state index contributed by atoms with van der Waals surface area (Å²) in [5.74, 6) is 1.23. The lowest BCUT2D eigenvalue weighted by Crippen LogP contribution is -2.42. The van der Waals surface area contributed by atoms with E-state index in [0.29, 0.717) is 17.9 Å². The summed E-state index contributed by atoms with van der Waals surface area (Å²) in [6, 6.07) is 0.670. The summed E-state index contributed by atoms with van der Waals surface area (Å²) in [6.45, 7) is 5.37. The quantitative estimate of drug-likeness (QED) is 0.737. The zero-order chi connectivity index (χ0) is 11.7. The number of nitrogens with zero attached hydrogens (tertiary/aromatic N) is 1. The first-order valence-electron chi connectivity index (χ1n) is 6.65. The lowest BCUT2D eigenvalue weighted by molar-refractivity contribution is -0.137. The minimum absolute atomic E-state index is 0.205. The molecule has 16 heavy (non-hydrogen) atoms. The van der Waals surface area contributed by atoms with Crippen molar-refractivity contribution in [1.29, 1.82) is 0 Å². The van der Waals surface area contributed by atoms with Crippen molar-refractivity contribution in [3.63, 3.8) is 0 Å². The molecule has 4 unspecified atom stereocenters. The minimum Gasteiger partial charge on any atom is -0.339 e. The molecule has 1 amide bonds. The molecule has 1 heterocycles. The highest BCUT2D eigenvalue weighted by molar-refractivity contribution is 5.79. The van der Waals surface area contributed by atoms with Gasteiger partial charge in [0.25, 0.3) is 0 Å². The van der Waals surface area contributed by atoms with E-state index in [-0.39, 0.29) is 12.0 Å². The van der Waals surface area contributed by atoms with Crippen LogP contribution < -0.4 is 5.73 Å². The molecule has 1 aliphatic heterocycles. The monoisotopic (exact) mass is 224 g/mol. The van der Waals surface area contributed by atoms with Gasteiger partial charge in [0.1, 0.15) is 0 Å². The van der Waals surface area contributed by atoms with Gasteiger partial charge in [-0.1, -0.05) is 13.3 Å². The molecule has 0 aromatic heterocycles.